The molecule has 0 bridgehead atoms. The Kier molecular flexibility index (Phi) is 5.99. The van der Waals surface area contributed by atoms with Gasteiger partial charge in [0.2, 0.25) is 5.91 Å². The van der Waals surface area contributed by atoms with Crippen LogP contribution >= 0.6 is 0 Å². The molecule has 0 atom stereocenters. The van der Waals surface area contributed by atoms with Gasteiger partial charge in [0.1, 0.15) is 24.3 Å². The van der Waals surface area contributed by atoms with Gasteiger partial charge in [-0.05, 0) is 26.0 Å². The predicted octanol–water partition coefficient (Wildman–Crippen LogP) is 2.18. The molecule has 0 fully saturated rings. The van der Waals surface area contributed by atoms with Crippen molar-refractivity contribution in [2.45, 2.75) is 19.9 Å². The lowest BCUT2D eigenvalue weighted by Gasteiger charge is -2.26. The van der Waals surface area contributed by atoms with Crippen LogP contribution in [-0.2, 0) is 4.79 Å². The summed E-state index contributed by atoms with van der Waals surface area (Å²) >= 11 is 0. The summed E-state index contributed by atoms with van der Waals surface area (Å²) in [5, 5.41) is 6.19. The van der Waals surface area contributed by atoms with Crippen molar-refractivity contribution in [1.82, 2.24) is 10.1 Å². The quantitative estimate of drug-likeness (QED) is 0.825. The molecule has 1 aromatic carbocycles. The fourth-order valence-corrected chi connectivity index (χ4v) is 2.23. The van der Waals surface area contributed by atoms with Gasteiger partial charge >= 0.3 is 0 Å². The maximum Gasteiger partial charge on any atom is 0.258 e. The van der Waals surface area contributed by atoms with Crippen molar-refractivity contribution in [2.24, 2.45) is 0 Å². The molecule has 1 aromatic heterocycles. The first-order chi connectivity index (χ1) is 12.0. The number of amides is 2. The minimum absolute atomic E-state index is 0.126. The van der Waals surface area contributed by atoms with E-state index in [2.05, 4.69) is 15.0 Å². The van der Waals surface area contributed by atoms with Crippen molar-refractivity contribution >= 4 is 17.6 Å². The van der Waals surface area contributed by atoms with Crippen LogP contribution in [0.2, 0.25) is 0 Å². The molecule has 2 aromatic rings. The van der Waals surface area contributed by atoms with Crippen molar-refractivity contribution in [3.63, 3.8) is 0 Å². The number of methoxy groups -OCH3 is 2. The first kappa shape index (κ1) is 18.3. The molecule has 1 N–H and O–H groups in total. The maximum atomic E-state index is 12.9. The van der Waals surface area contributed by atoms with E-state index in [4.69, 9.17) is 9.47 Å². The number of benzene rings is 1. The second-order valence-electron chi connectivity index (χ2n) is 5.53. The highest BCUT2D eigenvalue weighted by Crippen LogP contribution is 2.26. The Hall–Kier alpha value is -3.03. The summed E-state index contributed by atoms with van der Waals surface area (Å²) in [7, 11) is 3.01. The molecule has 2 amide bonds. The maximum absolute atomic E-state index is 12.9. The third kappa shape index (κ3) is 4.50. The highest BCUT2D eigenvalue weighted by Gasteiger charge is 2.24. The number of carbonyl (C=O) groups excluding carboxylic acids is 2. The van der Waals surface area contributed by atoms with Gasteiger partial charge < -0.3 is 24.2 Å². The van der Waals surface area contributed by atoms with Crippen LogP contribution < -0.4 is 14.8 Å². The third-order valence-electron chi connectivity index (χ3n) is 3.54. The predicted molar refractivity (Wildman–Crippen MR) is 90.9 cm³/mol. The van der Waals surface area contributed by atoms with Gasteiger partial charge in [-0.1, -0.05) is 5.16 Å². The highest BCUT2D eigenvalue weighted by atomic mass is 16.5. The Morgan fingerprint density at radius 3 is 2.56 bits per heavy atom. The molecule has 0 radical (unpaired) electrons. The Balaban J connectivity index is 2.19. The summed E-state index contributed by atoms with van der Waals surface area (Å²) in [5.74, 6) is 0.566. The average molecular weight is 347 g/mol. The normalized spacial score (nSPS) is 10.4. The van der Waals surface area contributed by atoms with Crippen LogP contribution in [-0.4, -0.2) is 48.7 Å². The zero-order valence-corrected chi connectivity index (χ0v) is 14.6. The molecule has 2 rings (SSSR count). The van der Waals surface area contributed by atoms with Crippen LogP contribution in [0, 0.1) is 0 Å². The van der Waals surface area contributed by atoms with Crippen molar-refractivity contribution in [3.05, 3.63) is 36.1 Å². The van der Waals surface area contributed by atoms with E-state index in [1.165, 1.54) is 31.4 Å². The molecule has 0 saturated carbocycles. The van der Waals surface area contributed by atoms with Gasteiger partial charge in [-0.15, -0.1) is 0 Å². The van der Waals surface area contributed by atoms with E-state index in [0.29, 0.717) is 22.9 Å². The number of nitrogens with one attached hydrogen (secondary N) is 1. The van der Waals surface area contributed by atoms with Gasteiger partial charge in [-0.25, -0.2) is 0 Å². The third-order valence-corrected chi connectivity index (χ3v) is 3.54. The van der Waals surface area contributed by atoms with Crippen molar-refractivity contribution < 1.29 is 23.6 Å². The van der Waals surface area contributed by atoms with E-state index in [1.54, 1.807) is 18.2 Å². The lowest BCUT2D eigenvalue weighted by Crippen LogP contribution is -2.42. The summed E-state index contributed by atoms with van der Waals surface area (Å²) in [6.07, 6.45) is 1.35. The molecule has 0 aliphatic rings. The number of aromatic nitrogens is 1. The lowest BCUT2D eigenvalue weighted by atomic mass is 10.1. The fraction of sp³-hybridized carbons (Fsp3) is 0.353. The Labute approximate surface area is 145 Å². The van der Waals surface area contributed by atoms with Gasteiger partial charge in [0.15, 0.2) is 5.82 Å². The van der Waals surface area contributed by atoms with Gasteiger partial charge in [-0.2, -0.15) is 0 Å². The van der Waals surface area contributed by atoms with E-state index in [0.717, 1.165) is 0 Å². The second-order valence-corrected chi connectivity index (χ2v) is 5.53. The van der Waals surface area contributed by atoms with E-state index < -0.39 is 0 Å². The molecule has 8 heteroatoms. The monoisotopic (exact) mass is 347 g/mol. The summed E-state index contributed by atoms with van der Waals surface area (Å²) in [6, 6.07) is 6.24. The smallest absolute Gasteiger partial charge is 0.258 e. The molecule has 25 heavy (non-hydrogen) atoms. The van der Waals surface area contributed by atoms with E-state index >= 15 is 0 Å². The van der Waals surface area contributed by atoms with Crippen LogP contribution in [0.1, 0.15) is 24.2 Å². The fourth-order valence-electron chi connectivity index (χ4n) is 2.23. The van der Waals surface area contributed by atoms with Crippen molar-refractivity contribution in [3.8, 4) is 11.5 Å². The summed E-state index contributed by atoms with van der Waals surface area (Å²) < 4.78 is 15.1. The number of hydrogen-bond donors (Lipinski definition) is 1. The molecule has 0 spiro atoms. The number of nitrogens with zero attached hydrogens (tertiary/aromatic N) is 2. The zero-order valence-electron chi connectivity index (χ0n) is 14.6. The van der Waals surface area contributed by atoms with Crippen LogP contribution in [0.3, 0.4) is 0 Å². The lowest BCUT2D eigenvalue weighted by molar-refractivity contribution is -0.117. The molecular weight excluding hydrogens is 326 g/mol. The molecule has 0 aliphatic heterocycles. The molecule has 134 valence electrons. The first-order valence-corrected chi connectivity index (χ1v) is 7.69. The van der Waals surface area contributed by atoms with Crippen LogP contribution in [0.15, 0.2) is 35.1 Å². The van der Waals surface area contributed by atoms with Crippen LogP contribution in [0.25, 0.3) is 0 Å². The van der Waals surface area contributed by atoms with E-state index in [1.807, 2.05) is 13.8 Å². The Morgan fingerprint density at radius 2 is 2.00 bits per heavy atom. The Bertz CT molecular complexity index is 728. The Morgan fingerprint density at radius 1 is 1.24 bits per heavy atom. The standard InChI is InChI=1S/C17H21N3O5/c1-11(2)20(10-16(21)18-15-7-8-25-19-15)17(22)13-6-5-12(23-3)9-14(13)24-4/h5-9,11H,10H2,1-4H3,(H,18,19,21). The minimum Gasteiger partial charge on any atom is -0.497 e. The van der Waals surface area contributed by atoms with E-state index in [-0.39, 0.29) is 24.4 Å². The summed E-state index contributed by atoms with van der Waals surface area (Å²) in [6.45, 7) is 3.53. The molecule has 0 unspecified atom stereocenters. The molecule has 1 heterocycles. The van der Waals surface area contributed by atoms with Gasteiger partial charge in [-0.3, -0.25) is 9.59 Å². The van der Waals surface area contributed by atoms with Crippen molar-refractivity contribution in [1.29, 1.82) is 0 Å². The minimum atomic E-state index is -0.372. The highest BCUT2D eigenvalue weighted by molar-refractivity contribution is 6.01. The van der Waals surface area contributed by atoms with Gasteiger partial charge in [0.25, 0.3) is 5.91 Å². The average Bonchev–Trinajstić information content (AvgIpc) is 3.11. The summed E-state index contributed by atoms with van der Waals surface area (Å²) in [4.78, 5) is 26.5. The second kappa shape index (κ2) is 8.18. The first-order valence-electron chi connectivity index (χ1n) is 7.69. The number of ether oxygens (including phenoxy) is 2. The van der Waals surface area contributed by atoms with Gasteiger partial charge in [0, 0.05) is 18.2 Å². The van der Waals surface area contributed by atoms with E-state index in [9.17, 15) is 9.59 Å². The number of hydrogen-bond acceptors (Lipinski definition) is 6. The number of rotatable bonds is 7. The van der Waals surface area contributed by atoms with Gasteiger partial charge in [0.05, 0.1) is 19.8 Å². The molecule has 8 nitrogen and oxygen atoms in total. The molecule has 0 aliphatic carbocycles. The van der Waals surface area contributed by atoms with Crippen LogP contribution in [0.5, 0.6) is 11.5 Å². The summed E-state index contributed by atoms with van der Waals surface area (Å²) in [5.41, 5.74) is 0.353. The van der Waals surface area contributed by atoms with Crippen molar-refractivity contribution in [2.75, 3.05) is 26.1 Å². The topological polar surface area (TPSA) is 93.9 Å². The largest absolute Gasteiger partial charge is 0.497 e. The molecular formula is C17H21N3O5. The zero-order chi connectivity index (χ0) is 18.4. The number of carbonyl (C=O) groups is 2. The SMILES string of the molecule is COc1ccc(C(=O)N(CC(=O)Nc2ccon2)C(C)C)c(OC)c1. The van der Waals surface area contributed by atoms with Crippen LogP contribution in [0.4, 0.5) is 5.82 Å². The number of anilines is 1. The molecule has 0 saturated heterocycles.